The number of ether oxygens (including phenoxy) is 6. The zero-order chi connectivity index (χ0) is 31.8. The van der Waals surface area contributed by atoms with E-state index in [1.165, 1.54) is 0 Å². The molecule has 0 radical (unpaired) electrons. The van der Waals surface area contributed by atoms with Crippen molar-refractivity contribution in [2.24, 2.45) is 47.3 Å². The molecule has 14 atom stereocenters. The van der Waals surface area contributed by atoms with Crippen molar-refractivity contribution in [3.63, 3.8) is 0 Å². The number of rotatable bonds is 14. The van der Waals surface area contributed by atoms with Crippen LogP contribution in [0.2, 0.25) is 0 Å². The van der Waals surface area contributed by atoms with Gasteiger partial charge in [0.15, 0.2) is 12.6 Å². The standard InChI is InChI=1S/C36H60O7/c1-12-30-24(6)22(4)26(8)35(42-30)39-19-21(3)33(38-11)28(10)32(41-34(37)29-17-15-14-16-18-29)20-40-36-27(9)23(5)25(7)31(13-2)43-36/h14-18,21-28,30-33,35-36H,12-13,19-20H2,1-11H3/t21-,22+,23+,24+,25+,26-,27-,28-,30-,31-,32-,33-,35-,36-/m1/s1. The predicted octanol–water partition coefficient (Wildman–Crippen LogP) is 7.62. The summed E-state index contributed by atoms with van der Waals surface area (Å²) in [5.74, 6) is 1.93. The summed E-state index contributed by atoms with van der Waals surface area (Å²) in [4.78, 5) is 13.2. The monoisotopic (exact) mass is 604 g/mol. The van der Waals surface area contributed by atoms with Gasteiger partial charge in [0, 0.05) is 30.8 Å². The van der Waals surface area contributed by atoms with Crippen molar-refractivity contribution in [2.75, 3.05) is 20.3 Å². The Morgan fingerprint density at radius 3 is 1.70 bits per heavy atom. The summed E-state index contributed by atoms with van der Waals surface area (Å²) < 4.78 is 37.9. The lowest BCUT2D eigenvalue weighted by atomic mass is 9.78. The van der Waals surface area contributed by atoms with E-state index >= 15 is 0 Å². The van der Waals surface area contributed by atoms with E-state index in [0.717, 1.165) is 12.8 Å². The summed E-state index contributed by atoms with van der Waals surface area (Å²) in [6, 6.07) is 9.11. The van der Waals surface area contributed by atoms with E-state index in [9.17, 15) is 4.79 Å². The van der Waals surface area contributed by atoms with Crippen molar-refractivity contribution >= 4 is 5.97 Å². The summed E-state index contributed by atoms with van der Waals surface area (Å²) >= 11 is 0. The van der Waals surface area contributed by atoms with Gasteiger partial charge >= 0.3 is 5.97 Å². The first-order valence-corrected chi connectivity index (χ1v) is 16.8. The molecule has 0 amide bonds. The van der Waals surface area contributed by atoms with Crippen molar-refractivity contribution in [3.8, 4) is 0 Å². The Morgan fingerprint density at radius 1 is 0.744 bits per heavy atom. The summed E-state index contributed by atoms with van der Waals surface area (Å²) in [5, 5.41) is 0. The first kappa shape index (κ1) is 36.0. The van der Waals surface area contributed by atoms with Gasteiger partial charge in [-0.15, -0.1) is 0 Å². The number of esters is 1. The molecule has 0 spiro atoms. The van der Waals surface area contributed by atoms with E-state index in [1.54, 1.807) is 19.2 Å². The van der Waals surface area contributed by atoms with Gasteiger partial charge in [-0.2, -0.15) is 0 Å². The fourth-order valence-electron chi connectivity index (χ4n) is 7.07. The smallest absolute Gasteiger partial charge is 0.338 e. The van der Waals surface area contributed by atoms with Crippen LogP contribution < -0.4 is 0 Å². The molecule has 0 aromatic heterocycles. The maximum atomic E-state index is 13.2. The highest BCUT2D eigenvalue weighted by molar-refractivity contribution is 5.89. The molecule has 2 fully saturated rings. The highest BCUT2D eigenvalue weighted by atomic mass is 16.7. The Balaban J connectivity index is 1.72. The van der Waals surface area contributed by atoms with Gasteiger partial charge in [0.05, 0.1) is 37.1 Å². The van der Waals surface area contributed by atoms with Gasteiger partial charge < -0.3 is 28.4 Å². The van der Waals surface area contributed by atoms with Crippen molar-refractivity contribution in [3.05, 3.63) is 35.9 Å². The molecule has 1 aromatic carbocycles. The first-order chi connectivity index (χ1) is 20.4. The van der Waals surface area contributed by atoms with E-state index in [-0.39, 0.29) is 61.2 Å². The number of carbonyl (C=O) groups is 1. The maximum Gasteiger partial charge on any atom is 0.338 e. The lowest BCUT2D eigenvalue weighted by Gasteiger charge is -2.44. The molecule has 2 aliphatic heterocycles. The van der Waals surface area contributed by atoms with Crippen LogP contribution in [0.15, 0.2) is 30.3 Å². The number of hydrogen-bond acceptors (Lipinski definition) is 7. The molecule has 43 heavy (non-hydrogen) atoms. The normalized spacial score (nSPS) is 36.0. The van der Waals surface area contributed by atoms with Crippen LogP contribution in [-0.2, 0) is 28.4 Å². The molecule has 2 saturated heterocycles. The predicted molar refractivity (Wildman–Crippen MR) is 170 cm³/mol. The van der Waals surface area contributed by atoms with Crippen LogP contribution in [0.3, 0.4) is 0 Å². The first-order valence-electron chi connectivity index (χ1n) is 16.8. The summed E-state index contributed by atoms with van der Waals surface area (Å²) in [6.45, 7) is 22.7. The lowest BCUT2D eigenvalue weighted by Crippen LogP contribution is -2.48. The number of carbonyl (C=O) groups excluding carboxylic acids is 1. The fraction of sp³-hybridized carbons (Fsp3) is 0.806. The van der Waals surface area contributed by atoms with E-state index in [4.69, 9.17) is 28.4 Å². The lowest BCUT2D eigenvalue weighted by molar-refractivity contribution is -0.260. The molecule has 1 aromatic rings. The van der Waals surface area contributed by atoms with Gasteiger partial charge in [-0.05, 0) is 48.6 Å². The van der Waals surface area contributed by atoms with Crippen molar-refractivity contribution in [2.45, 2.75) is 119 Å². The third-order valence-corrected chi connectivity index (χ3v) is 10.9. The van der Waals surface area contributed by atoms with Crippen LogP contribution in [0.4, 0.5) is 0 Å². The third-order valence-electron chi connectivity index (χ3n) is 10.9. The molecule has 0 bridgehead atoms. The Kier molecular flexibility index (Phi) is 14.0. The highest BCUT2D eigenvalue weighted by Crippen LogP contribution is 2.38. The Bertz CT molecular complexity index is 952. The van der Waals surface area contributed by atoms with Gasteiger partial charge in [-0.1, -0.05) is 87.4 Å². The van der Waals surface area contributed by atoms with Crippen LogP contribution >= 0.6 is 0 Å². The van der Waals surface area contributed by atoms with Crippen molar-refractivity contribution < 1.29 is 33.2 Å². The number of benzene rings is 1. The minimum absolute atomic E-state index is 0.0265. The van der Waals surface area contributed by atoms with Gasteiger partial charge in [-0.3, -0.25) is 0 Å². The molecule has 3 rings (SSSR count). The van der Waals surface area contributed by atoms with Crippen molar-refractivity contribution in [1.82, 2.24) is 0 Å². The number of hydrogen-bond donors (Lipinski definition) is 0. The summed E-state index contributed by atoms with van der Waals surface area (Å²) in [5.41, 5.74) is 0.512. The molecule has 7 nitrogen and oxygen atoms in total. The van der Waals surface area contributed by atoms with Gasteiger partial charge in [0.2, 0.25) is 0 Å². The topological polar surface area (TPSA) is 72.5 Å². The Hall–Kier alpha value is -1.51. The van der Waals surface area contributed by atoms with E-state index in [1.807, 2.05) is 18.2 Å². The van der Waals surface area contributed by atoms with Crippen LogP contribution in [0.5, 0.6) is 0 Å². The molecule has 0 aliphatic carbocycles. The molecule has 2 aliphatic rings. The van der Waals surface area contributed by atoms with Gasteiger partial charge in [-0.25, -0.2) is 4.79 Å². The minimum atomic E-state index is -0.541. The SMILES string of the molecule is CC[C@H]1O[C@@H](OC[C@@H](C)[C@@H](OC)[C@H](C)[C@@H](CO[C@@H]2O[C@H](CC)[C@@H](C)[C@H](C)[C@H]2C)OC(=O)c2ccccc2)[C@H](C)[C@@H](C)[C@@H]1C. The number of methoxy groups -OCH3 is 1. The van der Waals surface area contributed by atoms with Crippen LogP contribution in [0.25, 0.3) is 0 Å². The van der Waals surface area contributed by atoms with Crippen LogP contribution in [0.1, 0.15) is 92.4 Å². The van der Waals surface area contributed by atoms with Crippen molar-refractivity contribution in [1.29, 1.82) is 0 Å². The summed E-state index contributed by atoms with van der Waals surface area (Å²) in [6.07, 6.45) is 0.868. The quantitative estimate of drug-likeness (QED) is 0.202. The fourth-order valence-corrected chi connectivity index (χ4v) is 7.07. The average molecular weight is 605 g/mol. The molecule has 0 unspecified atom stereocenters. The van der Waals surface area contributed by atoms with E-state index < -0.39 is 6.10 Å². The molecule has 7 heteroatoms. The second kappa shape index (κ2) is 16.7. The third kappa shape index (κ3) is 8.82. The molecular weight excluding hydrogens is 544 g/mol. The zero-order valence-corrected chi connectivity index (χ0v) is 28.7. The molecule has 0 saturated carbocycles. The van der Waals surface area contributed by atoms with Gasteiger partial charge in [0.25, 0.3) is 0 Å². The molecule has 246 valence electrons. The molecule has 2 heterocycles. The van der Waals surface area contributed by atoms with Crippen LogP contribution in [0, 0.1) is 47.3 Å². The Morgan fingerprint density at radius 2 is 1.23 bits per heavy atom. The van der Waals surface area contributed by atoms with Gasteiger partial charge in [0.1, 0.15) is 6.10 Å². The second-order valence-electron chi connectivity index (χ2n) is 13.6. The largest absolute Gasteiger partial charge is 0.456 e. The van der Waals surface area contributed by atoms with E-state index in [0.29, 0.717) is 41.8 Å². The van der Waals surface area contributed by atoms with E-state index in [2.05, 4.69) is 69.2 Å². The zero-order valence-electron chi connectivity index (χ0n) is 28.7. The molecule has 0 N–H and O–H groups in total. The summed E-state index contributed by atoms with van der Waals surface area (Å²) in [7, 11) is 1.71. The Labute approximate surface area is 261 Å². The average Bonchev–Trinajstić information content (AvgIpc) is 3.01. The second-order valence-corrected chi connectivity index (χ2v) is 13.6. The van der Waals surface area contributed by atoms with Crippen LogP contribution in [-0.4, -0.2) is 63.3 Å². The molecular formula is C36H60O7. The minimum Gasteiger partial charge on any atom is -0.456 e. The maximum absolute atomic E-state index is 13.2. The highest BCUT2D eigenvalue weighted by Gasteiger charge is 2.42.